The molecule has 2 aromatic rings. The Morgan fingerprint density at radius 3 is 3.14 bits per heavy atom. The molecule has 0 saturated carbocycles. The summed E-state index contributed by atoms with van der Waals surface area (Å²) in [7, 11) is 0. The number of hydrogen-bond acceptors (Lipinski definition) is 4. The van der Waals surface area contributed by atoms with E-state index in [2.05, 4.69) is 31.2 Å². The highest BCUT2D eigenvalue weighted by molar-refractivity contribution is 9.12. The highest BCUT2D eigenvalue weighted by Gasteiger charge is 2.36. The van der Waals surface area contributed by atoms with Gasteiger partial charge in [0.05, 0.1) is 28.3 Å². The van der Waals surface area contributed by atoms with Crippen molar-refractivity contribution in [3.05, 3.63) is 27.8 Å². The molecule has 4 rings (SSSR count). The molecule has 2 aromatic heterocycles. The van der Waals surface area contributed by atoms with Crippen LogP contribution < -0.4 is 5.32 Å². The standard InChI is InChI=1S/C13H9BrClFN4O/c14-8-9(15)13(21)7-11(10(8)16)18-3-5-12(7)20-2-1-17-4-6(20)19-5/h3,9,17H,1-2,4H2. The first-order valence-electron chi connectivity index (χ1n) is 6.42. The molecule has 0 aromatic carbocycles. The number of rotatable bonds is 0. The van der Waals surface area contributed by atoms with E-state index in [9.17, 15) is 9.18 Å². The maximum atomic E-state index is 14.4. The summed E-state index contributed by atoms with van der Waals surface area (Å²) in [4.78, 5) is 21.0. The van der Waals surface area contributed by atoms with E-state index in [4.69, 9.17) is 11.6 Å². The molecule has 1 aliphatic carbocycles. The van der Waals surface area contributed by atoms with Gasteiger partial charge in [0.2, 0.25) is 0 Å². The Hall–Kier alpha value is -1.31. The third-order valence-electron chi connectivity index (χ3n) is 3.78. The van der Waals surface area contributed by atoms with E-state index in [-0.39, 0.29) is 21.5 Å². The molecule has 0 amide bonds. The van der Waals surface area contributed by atoms with Crippen LogP contribution in [-0.4, -0.2) is 32.2 Å². The van der Waals surface area contributed by atoms with Gasteiger partial charge in [-0.3, -0.25) is 9.78 Å². The van der Waals surface area contributed by atoms with Gasteiger partial charge in [-0.05, 0) is 0 Å². The fourth-order valence-corrected chi connectivity index (χ4v) is 3.41. The van der Waals surface area contributed by atoms with E-state index >= 15 is 0 Å². The lowest BCUT2D eigenvalue weighted by Gasteiger charge is -2.21. The maximum Gasteiger partial charge on any atom is 0.190 e. The van der Waals surface area contributed by atoms with Gasteiger partial charge in [-0.25, -0.2) is 9.37 Å². The summed E-state index contributed by atoms with van der Waals surface area (Å²) >= 11 is 9.07. The quantitative estimate of drug-likeness (QED) is 0.722. The van der Waals surface area contributed by atoms with Crippen LogP contribution in [0.5, 0.6) is 0 Å². The minimum atomic E-state index is -1.06. The molecule has 0 bridgehead atoms. The Balaban J connectivity index is 2.12. The van der Waals surface area contributed by atoms with Crippen molar-refractivity contribution in [1.29, 1.82) is 0 Å². The molecule has 21 heavy (non-hydrogen) atoms. The molecule has 1 unspecified atom stereocenters. The minimum Gasteiger partial charge on any atom is -0.325 e. The van der Waals surface area contributed by atoms with Crippen molar-refractivity contribution in [1.82, 2.24) is 19.9 Å². The summed E-state index contributed by atoms with van der Waals surface area (Å²) in [5.41, 5.74) is 1.49. The van der Waals surface area contributed by atoms with Crippen molar-refractivity contribution < 1.29 is 9.18 Å². The Bertz CT molecular complexity index is 831. The fourth-order valence-electron chi connectivity index (χ4n) is 2.81. The second kappa shape index (κ2) is 4.59. The van der Waals surface area contributed by atoms with Crippen molar-refractivity contribution in [2.75, 3.05) is 6.54 Å². The highest BCUT2D eigenvalue weighted by atomic mass is 79.9. The first-order chi connectivity index (χ1) is 10.1. The van der Waals surface area contributed by atoms with Gasteiger partial charge in [-0.1, -0.05) is 15.9 Å². The van der Waals surface area contributed by atoms with Gasteiger partial charge in [0, 0.05) is 13.1 Å². The number of nitrogens with zero attached hydrogens (tertiary/aromatic N) is 3. The van der Waals surface area contributed by atoms with E-state index in [1.165, 1.54) is 6.20 Å². The summed E-state index contributed by atoms with van der Waals surface area (Å²) in [6.45, 7) is 2.06. The van der Waals surface area contributed by atoms with E-state index < -0.39 is 11.2 Å². The van der Waals surface area contributed by atoms with E-state index in [1.807, 2.05) is 4.57 Å². The molecule has 1 aliphatic heterocycles. The zero-order valence-electron chi connectivity index (χ0n) is 10.7. The molecular weight excluding hydrogens is 363 g/mol. The number of pyridine rings is 1. The number of allylic oxidation sites excluding steroid dienone is 1. The number of Topliss-reactive ketones (excluding diaryl/α,β-unsaturated/α-hetero) is 1. The zero-order valence-corrected chi connectivity index (χ0v) is 13.0. The third-order valence-corrected chi connectivity index (χ3v) is 5.26. The van der Waals surface area contributed by atoms with Gasteiger partial charge >= 0.3 is 0 Å². The number of aromatic nitrogens is 3. The smallest absolute Gasteiger partial charge is 0.190 e. The largest absolute Gasteiger partial charge is 0.325 e. The van der Waals surface area contributed by atoms with Crippen LogP contribution in [0.2, 0.25) is 0 Å². The summed E-state index contributed by atoms with van der Waals surface area (Å²) < 4.78 is 16.3. The molecule has 8 heteroatoms. The maximum absolute atomic E-state index is 14.4. The number of ketones is 1. The number of hydrogen-bond donors (Lipinski definition) is 1. The van der Waals surface area contributed by atoms with Gasteiger partial charge in [-0.2, -0.15) is 0 Å². The van der Waals surface area contributed by atoms with Gasteiger partial charge < -0.3 is 9.88 Å². The number of alkyl halides is 1. The molecule has 1 N–H and O–H groups in total. The number of halogens is 3. The predicted molar refractivity (Wildman–Crippen MR) is 80.2 cm³/mol. The van der Waals surface area contributed by atoms with Crippen molar-refractivity contribution >= 4 is 50.2 Å². The van der Waals surface area contributed by atoms with Gasteiger partial charge in [0.25, 0.3) is 0 Å². The molecular formula is C13H9BrClFN4O. The van der Waals surface area contributed by atoms with Gasteiger partial charge in [-0.15, -0.1) is 11.6 Å². The molecule has 0 saturated heterocycles. The first kappa shape index (κ1) is 13.4. The summed E-state index contributed by atoms with van der Waals surface area (Å²) in [5, 5.41) is 2.15. The van der Waals surface area contributed by atoms with Crippen molar-refractivity contribution in [3.63, 3.8) is 0 Å². The average Bonchev–Trinajstić information content (AvgIpc) is 2.88. The lowest BCUT2D eigenvalue weighted by molar-refractivity contribution is 0.0996. The topological polar surface area (TPSA) is 59.8 Å². The lowest BCUT2D eigenvalue weighted by atomic mass is 9.98. The van der Waals surface area contributed by atoms with Crippen LogP contribution in [0.4, 0.5) is 4.39 Å². The highest BCUT2D eigenvalue weighted by Crippen LogP contribution is 2.39. The molecule has 108 valence electrons. The van der Waals surface area contributed by atoms with Crippen LogP contribution in [0.1, 0.15) is 21.9 Å². The van der Waals surface area contributed by atoms with Crippen molar-refractivity contribution in [2.45, 2.75) is 18.5 Å². The summed E-state index contributed by atoms with van der Waals surface area (Å²) in [6, 6.07) is 0. The average molecular weight is 372 g/mol. The Kier molecular flexibility index (Phi) is 2.92. The van der Waals surface area contributed by atoms with Gasteiger partial charge in [0.15, 0.2) is 11.6 Å². The minimum absolute atomic E-state index is 0.0357. The van der Waals surface area contributed by atoms with E-state index in [0.717, 1.165) is 12.4 Å². The molecule has 3 heterocycles. The summed E-state index contributed by atoms with van der Waals surface area (Å²) in [5.74, 6) is -0.116. The number of imidazole rings is 1. The Labute approximate surface area is 132 Å². The predicted octanol–water partition coefficient (Wildman–Crippen LogP) is 2.37. The van der Waals surface area contributed by atoms with E-state index in [0.29, 0.717) is 24.1 Å². The first-order valence-corrected chi connectivity index (χ1v) is 7.65. The van der Waals surface area contributed by atoms with Crippen molar-refractivity contribution in [2.24, 2.45) is 0 Å². The fraction of sp³-hybridized carbons (Fsp3) is 0.308. The van der Waals surface area contributed by atoms with Crippen LogP contribution in [0.15, 0.2) is 10.7 Å². The van der Waals surface area contributed by atoms with Crippen LogP contribution in [0.3, 0.4) is 0 Å². The molecule has 0 spiro atoms. The number of carbonyl (C=O) groups is 1. The van der Waals surface area contributed by atoms with Crippen LogP contribution >= 0.6 is 27.5 Å². The van der Waals surface area contributed by atoms with Crippen molar-refractivity contribution in [3.8, 4) is 0 Å². The number of fused-ring (bicyclic) bond motifs is 5. The zero-order chi connectivity index (χ0) is 14.7. The third kappa shape index (κ3) is 1.74. The second-order valence-electron chi connectivity index (χ2n) is 4.96. The Morgan fingerprint density at radius 2 is 2.33 bits per heavy atom. The van der Waals surface area contributed by atoms with E-state index in [1.54, 1.807) is 0 Å². The molecule has 0 radical (unpaired) electrons. The second-order valence-corrected chi connectivity index (χ2v) is 6.25. The molecule has 1 atom stereocenters. The number of nitrogens with one attached hydrogen (secondary N) is 1. The summed E-state index contributed by atoms with van der Waals surface area (Å²) in [6.07, 6.45) is 1.50. The molecule has 5 nitrogen and oxygen atoms in total. The monoisotopic (exact) mass is 370 g/mol. The van der Waals surface area contributed by atoms with Gasteiger partial charge in [0.1, 0.15) is 22.4 Å². The SMILES string of the molecule is O=C1c2c(ncc3nc4n(c23)CCNC4)C(F)=C(Br)C1Cl. The number of carbonyl (C=O) groups excluding carboxylic acids is 1. The van der Waals surface area contributed by atoms with Crippen LogP contribution in [-0.2, 0) is 13.1 Å². The molecule has 0 fully saturated rings. The Morgan fingerprint density at radius 1 is 1.52 bits per heavy atom. The lowest BCUT2D eigenvalue weighted by Crippen LogP contribution is -2.29. The van der Waals surface area contributed by atoms with Crippen LogP contribution in [0.25, 0.3) is 16.9 Å². The van der Waals surface area contributed by atoms with Crippen LogP contribution in [0, 0.1) is 0 Å². The normalized spacial score (nSPS) is 21.7. The molecule has 2 aliphatic rings.